The summed E-state index contributed by atoms with van der Waals surface area (Å²) < 4.78 is 5.01. The van der Waals surface area contributed by atoms with E-state index in [1.165, 1.54) is 0 Å². The van der Waals surface area contributed by atoms with Crippen LogP contribution in [0.4, 0.5) is 0 Å². The highest BCUT2D eigenvalue weighted by atomic mass is 35.5. The van der Waals surface area contributed by atoms with E-state index in [1.54, 1.807) is 36.9 Å². The number of hydrogen-bond acceptors (Lipinski definition) is 5. The smallest absolute Gasteiger partial charge is 0.338 e. The van der Waals surface area contributed by atoms with Crippen LogP contribution in [0.2, 0.25) is 5.02 Å². The molecule has 6 nitrogen and oxygen atoms in total. The van der Waals surface area contributed by atoms with Gasteiger partial charge in [0.25, 0.3) is 5.91 Å². The van der Waals surface area contributed by atoms with Crippen molar-refractivity contribution >= 4 is 41.1 Å². The molecule has 0 aliphatic carbocycles. The summed E-state index contributed by atoms with van der Waals surface area (Å²) >= 11 is 7.50. The molecule has 2 N–H and O–H groups in total. The van der Waals surface area contributed by atoms with Crippen molar-refractivity contribution in [1.82, 2.24) is 10.6 Å². The highest BCUT2D eigenvalue weighted by molar-refractivity contribution is 7.98. The van der Waals surface area contributed by atoms with Gasteiger partial charge in [-0.2, -0.15) is 0 Å². The second kappa shape index (κ2) is 11.4. The van der Waals surface area contributed by atoms with Crippen LogP contribution >= 0.6 is 23.4 Å². The molecule has 28 heavy (non-hydrogen) atoms. The van der Waals surface area contributed by atoms with Crippen molar-refractivity contribution in [3.05, 3.63) is 64.7 Å². The first-order valence-corrected chi connectivity index (χ1v) is 10.0. The molecule has 0 bridgehead atoms. The number of carbonyl (C=O) groups excluding carboxylic acids is 3. The molecule has 0 heterocycles. The zero-order chi connectivity index (χ0) is 20.4. The minimum Gasteiger partial charge on any atom is -0.452 e. The third kappa shape index (κ3) is 7.62. The standard InChI is InChI=1S/C20H21ClN2O4S/c1-2-22-18(24)11-23-19(25)12-27-20(26)15-5-3-4-14(10-15)13-28-17-8-6-16(21)7-9-17/h3-10H,2,11-13H2,1H3,(H,22,24)(H,23,25). The maximum atomic E-state index is 12.2. The maximum Gasteiger partial charge on any atom is 0.338 e. The molecule has 0 atom stereocenters. The number of nitrogens with one attached hydrogen (secondary N) is 2. The first-order valence-electron chi connectivity index (χ1n) is 8.65. The van der Waals surface area contributed by atoms with E-state index in [-0.39, 0.29) is 12.5 Å². The van der Waals surface area contributed by atoms with E-state index in [2.05, 4.69) is 10.6 Å². The second-order valence-corrected chi connectivity index (χ2v) is 7.23. The summed E-state index contributed by atoms with van der Waals surface area (Å²) in [4.78, 5) is 36.2. The zero-order valence-corrected chi connectivity index (χ0v) is 16.9. The number of halogens is 1. The predicted molar refractivity (Wildman–Crippen MR) is 109 cm³/mol. The van der Waals surface area contributed by atoms with E-state index >= 15 is 0 Å². The fraction of sp³-hybridized carbons (Fsp3) is 0.250. The summed E-state index contributed by atoms with van der Waals surface area (Å²) in [7, 11) is 0. The Kier molecular flexibility index (Phi) is 8.84. The predicted octanol–water partition coefficient (Wildman–Crippen LogP) is 3.04. The van der Waals surface area contributed by atoms with Crippen LogP contribution in [0.25, 0.3) is 0 Å². The van der Waals surface area contributed by atoms with Gasteiger partial charge in [0.2, 0.25) is 5.91 Å². The Morgan fingerprint density at radius 2 is 1.79 bits per heavy atom. The first kappa shape index (κ1) is 21.8. The van der Waals surface area contributed by atoms with Gasteiger partial charge in [0.1, 0.15) is 0 Å². The molecular weight excluding hydrogens is 400 g/mol. The third-order valence-corrected chi connectivity index (χ3v) is 4.87. The van der Waals surface area contributed by atoms with Crippen LogP contribution in [0.3, 0.4) is 0 Å². The van der Waals surface area contributed by atoms with Gasteiger partial charge < -0.3 is 15.4 Å². The minimum absolute atomic E-state index is 0.151. The Morgan fingerprint density at radius 1 is 1.04 bits per heavy atom. The number of ether oxygens (including phenoxy) is 1. The van der Waals surface area contributed by atoms with Gasteiger partial charge in [-0.1, -0.05) is 23.7 Å². The Hall–Kier alpha value is -2.51. The summed E-state index contributed by atoms with van der Waals surface area (Å²) in [6.07, 6.45) is 0. The van der Waals surface area contributed by atoms with E-state index in [9.17, 15) is 14.4 Å². The van der Waals surface area contributed by atoms with Gasteiger partial charge in [0, 0.05) is 22.2 Å². The normalized spacial score (nSPS) is 10.2. The molecule has 0 aliphatic heterocycles. The summed E-state index contributed by atoms with van der Waals surface area (Å²) in [6.45, 7) is 1.67. The SMILES string of the molecule is CCNC(=O)CNC(=O)COC(=O)c1cccc(CSc2ccc(Cl)cc2)c1. The number of amides is 2. The molecule has 2 amide bonds. The highest BCUT2D eigenvalue weighted by Gasteiger charge is 2.11. The topological polar surface area (TPSA) is 84.5 Å². The molecule has 0 aliphatic rings. The lowest BCUT2D eigenvalue weighted by Gasteiger charge is -2.08. The summed E-state index contributed by atoms with van der Waals surface area (Å²) in [5, 5.41) is 5.63. The molecule has 8 heteroatoms. The lowest BCUT2D eigenvalue weighted by molar-refractivity contribution is -0.127. The van der Waals surface area contributed by atoms with Crippen molar-refractivity contribution in [1.29, 1.82) is 0 Å². The number of carbonyl (C=O) groups is 3. The summed E-state index contributed by atoms with van der Waals surface area (Å²) in [5.41, 5.74) is 1.32. The number of likely N-dealkylation sites (N-methyl/N-ethyl adjacent to an activating group) is 1. The van der Waals surface area contributed by atoms with Gasteiger partial charge in [-0.15, -0.1) is 11.8 Å². The lowest BCUT2D eigenvalue weighted by atomic mass is 10.1. The fourth-order valence-corrected chi connectivity index (χ4v) is 3.16. The average molecular weight is 421 g/mol. The number of thioether (sulfide) groups is 1. The molecule has 2 aromatic carbocycles. The van der Waals surface area contributed by atoms with Crippen LogP contribution in [0.5, 0.6) is 0 Å². The molecule has 0 radical (unpaired) electrons. The minimum atomic E-state index is -0.591. The molecule has 0 spiro atoms. The van der Waals surface area contributed by atoms with Crippen LogP contribution < -0.4 is 10.6 Å². The molecule has 2 rings (SSSR count). The highest BCUT2D eigenvalue weighted by Crippen LogP contribution is 2.24. The quantitative estimate of drug-likeness (QED) is 0.481. The first-order chi connectivity index (χ1) is 13.5. The van der Waals surface area contributed by atoms with Crippen molar-refractivity contribution in [2.45, 2.75) is 17.6 Å². The molecular formula is C20H21ClN2O4S. The zero-order valence-electron chi connectivity index (χ0n) is 15.4. The average Bonchev–Trinajstić information content (AvgIpc) is 2.70. The van der Waals surface area contributed by atoms with Crippen molar-refractivity contribution in [3.8, 4) is 0 Å². The fourth-order valence-electron chi connectivity index (χ4n) is 2.19. The van der Waals surface area contributed by atoms with E-state index in [1.807, 2.05) is 30.3 Å². The van der Waals surface area contributed by atoms with Gasteiger partial charge in [-0.05, 0) is 48.9 Å². The molecule has 0 fully saturated rings. The van der Waals surface area contributed by atoms with Gasteiger partial charge in [-0.25, -0.2) is 4.79 Å². The molecule has 0 saturated heterocycles. The summed E-state index contributed by atoms with van der Waals surface area (Å²) in [6, 6.07) is 14.6. The largest absolute Gasteiger partial charge is 0.452 e. The molecule has 2 aromatic rings. The number of benzene rings is 2. The third-order valence-electron chi connectivity index (χ3n) is 3.54. The van der Waals surface area contributed by atoms with E-state index < -0.39 is 18.5 Å². The number of esters is 1. The monoisotopic (exact) mass is 420 g/mol. The van der Waals surface area contributed by atoms with Gasteiger partial charge >= 0.3 is 5.97 Å². The van der Waals surface area contributed by atoms with Crippen LogP contribution in [-0.2, 0) is 20.1 Å². The Bertz CT molecular complexity index is 827. The van der Waals surface area contributed by atoms with E-state index in [0.717, 1.165) is 10.5 Å². The van der Waals surface area contributed by atoms with Crippen molar-refractivity contribution < 1.29 is 19.1 Å². The number of hydrogen-bond donors (Lipinski definition) is 2. The van der Waals surface area contributed by atoms with Crippen LogP contribution in [0.15, 0.2) is 53.4 Å². The molecule has 0 saturated carbocycles. The summed E-state index contributed by atoms with van der Waals surface area (Å²) in [5.74, 6) is -0.746. The van der Waals surface area contributed by atoms with Crippen molar-refractivity contribution in [2.24, 2.45) is 0 Å². The van der Waals surface area contributed by atoms with Crippen molar-refractivity contribution in [3.63, 3.8) is 0 Å². The molecule has 148 valence electrons. The number of rotatable bonds is 9. The van der Waals surface area contributed by atoms with Crippen LogP contribution in [0, 0.1) is 0 Å². The van der Waals surface area contributed by atoms with E-state index in [4.69, 9.17) is 16.3 Å². The van der Waals surface area contributed by atoms with Gasteiger partial charge in [-0.3, -0.25) is 9.59 Å². The van der Waals surface area contributed by atoms with E-state index in [0.29, 0.717) is 22.9 Å². The van der Waals surface area contributed by atoms with Crippen LogP contribution in [-0.4, -0.2) is 37.5 Å². The maximum absolute atomic E-state index is 12.2. The second-order valence-electron chi connectivity index (χ2n) is 5.75. The Balaban J connectivity index is 1.81. The molecule has 0 unspecified atom stereocenters. The van der Waals surface area contributed by atoms with Crippen molar-refractivity contribution in [2.75, 3.05) is 19.7 Å². The van der Waals surface area contributed by atoms with Crippen LogP contribution in [0.1, 0.15) is 22.8 Å². The molecule has 0 aromatic heterocycles. The lowest BCUT2D eigenvalue weighted by Crippen LogP contribution is -2.38. The Morgan fingerprint density at radius 3 is 2.50 bits per heavy atom. The van der Waals surface area contributed by atoms with Gasteiger partial charge in [0.15, 0.2) is 6.61 Å². The Labute approximate surface area is 173 Å². The van der Waals surface area contributed by atoms with Gasteiger partial charge in [0.05, 0.1) is 12.1 Å².